The second-order valence-corrected chi connectivity index (χ2v) is 7.88. The summed E-state index contributed by atoms with van der Waals surface area (Å²) in [7, 11) is 1.23. The van der Waals surface area contributed by atoms with Crippen molar-refractivity contribution < 1.29 is 28.3 Å². The van der Waals surface area contributed by atoms with E-state index >= 15 is 0 Å². The summed E-state index contributed by atoms with van der Waals surface area (Å²) in [5.74, 6) is -0.437. The molecule has 1 fully saturated rings. The van der Waals surface area contributed by atoms with Crippen LogP contribution in [0.15, 0.2) is 38.9 Å². The summed E-state index contributed by atoms with van der Waals surface area (Å²) in [5.41, 5.74) is 0.680. The number of esters is 1. The first kappa shape index (κ1) is 21.9. The highest BCUT2D eigenvalue weighted by Crippen LogP contribution is 2.36. The summed E-state index contributed by atoms with van der Waals surface area (Å²) in [6, 6.07) is 5.67. The Morgan fingerprint density at radius 3 is 2.70 bits per heavy atom. The second-order valence-electron chi connectivity index (χ2n) is 6.62. The van der Waals surface area contributed by atoms with E-state index in [2.05, 4.69) is 26.0 Å². The normalized spacial score (nSPS) is 15.1. The van der Waals surface area contributed by atoms with Gasteiger partial charge in [-0.05, 0) is 65.7 Å². The van der Waals surface area contributed by atoms with Gasteiger partial charge in [-0.15, -0.1) is 0 Å². The maximum atomic E-state index is 12.7. The number of benzene rings is 1. The molecule has 0 spiro atoms. The molecule has 0 aliphatic carbocycles. The van der Waals surface area contributed by atoms with E-state index in [1.807, 2.05) is 13.8 Å². The van der Waals surface area contributed by atoms with E-state index in [-0.39, 0.29) is 29.9 Å². The van der Waals surface area contributed by atoms with Crippen molar-refractivity contribution in [3.8, 4) is 5.75 Å². The van der Waals surface area contributed by atoms with E-state index in [0.29, 0.717) is 20.8 Å². The van der Waals surface area contributed by atoms with Gasteiger partial charge in [-0.3, -0.25) is 9.69 Å². The largest absolute Gasteiger partial charge is 0.488 e. The lowest BCUT2D eigenvalue weighted by Crippen LogP contribution is -2.30. The number of rotatable bonds is 6. The minimum Gasteiger partial charge on any atom is -0.488 e. The number of carbonyl (C=O) groups is 3. The molecule has 0 unspecified atom stereocenters. The zero-order valence-electron chi connectivity index (χ0n) is 16.3. The zero-order chi connectivity index (χ0) is 22.0. The molecule has 2 heterocycles. The fourth-order valence-corrected chi connectivity index (χ4v) is 3.68. The summed E-state index contributed by atoms with van der Waals surface area (Å²) in [6.45, 7) is 3.63. The number of carbonyl (C=O) groups excluding carboxylic acids is 3. The average Bonchev–Trinajstić information content (AvgIpc) is 3.25. The maximum Gasteiger partial charge on any atom is 0.373 e. The molecule has 0 radical (unpaired) electrons. The molecular weight excluding hydrogens is 480 g/mol. The molecule has 0 saturated carbocycles. The van der Waals surface area contributed by atoms with Crippen LogP contribution in [0.4, 0.5) is 4.79 Å². The first-order chi connectivity index (χ1) is 14.2. The average molecular weight is 498 g/mol. The van der Waals surface area contributed by atoms with Gasteiger partial charge in [0.25, 0.3) is 5.91 Å². The second kappa shape index (κ2) is 8.93. The fraction of sp³-hybridized carbons (Fsp3) is 0.250. The van der Waals surface area contributed by atoms with Crippen LogP contribution in [-0.4, -0.2) is 36.0 Å². The highest BCUT2D eigenvalue weighted by molar-refractivity contribution is 9.10. The number of halogens is 2. The number of nitrogens with one attached hydrogen (secondary N) is 1. The van der Waals surface area contributed by atoms with E-state index in [9.17, 15) is 14.4 Å². The molecule has 1 saturated heterocycles. The van der Waals surface area contributed by atoms with Gasteiger partial charge < -0.3 is 19.2 Å². The van der Waals surface area contributed by atoms with Crippen molar-refractivity contribution in [1.29, 1.82) is 0 Å². The van der Waals surface area contributed by atoms with Gasteiger partial charge in [-0.1, -0.05) is 11.6 Å². The van der Waals surface area contributed by atoms with Gasteiger partial charge in [0.1, 0.15) is 11.5 Å². The molecule has 8 nitrogen and oxygen atoms in total. The third kappa shape index (κ3) is 4.68. The number of hydrogen-bond acceptors (Lipinski definition) is 6. The minimum absolute atomic E-state index is 0.0153. The molecule has 1 N–H and O–H groups in total. The van der Waals surface area contributed by atoms with E-state index < -0.39 is 17.9 Å². The molecule has 0 atom stereocenters. The van der Waals surface area contributed by atoms with Gasteiger partial charge >= 0.3 is 12.0 Å². The van der Waals surface area contributed by atoms with E-state index in [1.54, 1.807) is 12.1 Å². The first-order valence-corrected chi connectivity index (χ1v) is 10.0. The topological polar surface area (TPSA) is 98.1 Å². The lowest BCUT2D eigenvalue weighted by Gasteiger charge is -2.14. The molecule has 1 aliphatic heterocycles. The Balaban J connectivity index is 1.79. The molecule has 1 aromatic heterocycles. The Labute approximate surface area is 185 Å². The smallest absolute Gasteiger partial charge is 0.373 e. The Bertz CT molecular complexity index is 1020. The molecule has 3 rings (SSSR count). The minimum atomic E-state index is -0.647. The number of imide groups is 1. The lowest BCUT2D eigenvalue weighted by molar-refractivity contribution is -0.123. The van der Waals surface area contributed by atoms with Gasteiger partial charge in [0.15, 0.2) is 5.75 Å². The van der Waals surface area contributed by atoms with Crippen molar-refractivity contribution in [3.63, 3.8) is 0 Å². The van der Waals surface area contributed by atoms with Crippen molar-refractivity contribution in [1.82, 2.24) is 10.2 Å². The SMILES string of the molecule is COC(=O)c1ccc(CN2C(=O)NC(=Cc3cc(Cl)c(OC(C)C)c(Br)c3)C2=O)o1. The van der Waals surface area contributed by atoms with Crippen LogP contribution in [-0.2, 0) is 16.1 Å². The Morgan fingerprint density at radius 2 is 2.07 bits per heavy atom. The van der Waals surface area contributed by atoms with Crippen LogP contribution in [0.3, 0.4) is 0 Å². The van der Waals surface area contributed by atoms with Gasteiger partial charge in [-0.25, -0.2) is 9.59 Å². The van der Waals surface area contributed by atoms with E-state index in [0.717, 1.165) is 4.90 Å². The molecule has 10 heteroatoms. The lowest BCUT2D eigenvalue weighted by atomic mass is 10.1. The predicted octanol–water partition coefficient (Wildman–Crippen LogP) is 4.36. The number of hydrogen-bond donors (Lipinski definition) is 1. The van der Waals surface area contributed by atoms with Crippen LogP contribution >= 0.6 is 27.5 Å². The maximum absolute atomic E-state index is 12.7. The van der Waals surface area contributed by atoms with Crippen LogP contribution in [0.5, 0.6) is 5.75 Å². The number of methoxy groups -OCH3 is 1. The summed E-state index contributed by atoms with van der Waals surface area (Å²) < 4.78 is 16.2. The van der Waals surface area contributed by atoms with Crippen LogP contribution in [0.1, 0.15) is 35.7 Å². The van der Waals surface area contributed by atoms with Gasteiger partial charge in [0.2, 0.25) is 5.76 Å². The molecule has 158 valence electrons. The van der Waals surface area contributed by atoms with Gasteiger partial charge in [0, 0.05) is 0 Å². The third-order valence-electron chi connectivity index (χ3n) is 4.01. The van der Waals surface area contributed by atoms with Crippen molar-refractivity contribution >= 4 is 51.5 Å². The van der Waals surface area contributed by atoms with Crippen LogP contribution < -0.4 is 10.1 Å². The van der Waals surface area contributed by atoms with Gasteiger partial charge in [-0.2, -0.15) is 0 Å². The number of amides is 3. The quantitative estimate of drug-likeness (QED) is 0.362. The molecule has 3 amide bonds. The monoisotopic (exact) mass is 496 g/mol. The summed E-state index contributed by atoms with van der Waals surface area (Å²) >= 11 is 9.70. The molecule has 30 heavy (non-hydrogen) atoms. The van der Waals surface area contributed by atoms with Crippen molar-refractivity contribution in [2.45, 2.75) is 26.5 Å². The molecule has 1 aliphatic rings. The highest BCUT2D eigenvalue weighted by Gasteiger charge is 2.34. The van der Waals surface area contributed by atoms with E-state index in [1.165, 1.54) is 25.3 Å². The van der Waals surface area contributed by atoms with Crippen molar-refractivity contribution in [3.05, 3.63) is 56.5 Å². The van der Waals surface area contributed by atoms with Crippen LogP contribution in [0, 0.1) is 0 Å². The summed E-state index contributed by atoms with van der Waals surface area (Å²) in [5, 5.41) is 2.89. The summed E-state index contributed by atoms with van der Waals surface area (Å²) in [6.07, 6.45) is 1.45. The highest BCUT2D eigenvalue weighted by atomic mass is 79.9. The molecule has 1 aromatic carbocycles. The Kier molecular flexibility index (Phi) is 6.52. The van der Waals surface area contributed by atoms with Crippen LogP contribution in [0.2, 0.25) is 5.02 Å². The molecule has 0 bridgehead atoms. The zero-order valence-corrected chi connectivity index (χ0v) is 18.7. The Hall–Kier alpha value is -2.78. The first-order valence-electron chi connectivity index (χ1n) is 8.87. The third-order valence-corrected chi connectivity index (χ3v) is 4.88. The number of nitrogens with zero attached hydrogens (tertiary/aromatic N) is 1. The van der Waals surface area contributed by atoms with Gasteiger partial charge in [0.05, 0.1) is 29.3 Å². The Morgan fingerprint density at radius 1 is 1.33 bits per heavy atom. The predicted molar refractivity (Wildman–Crippen MR) is 112 cm³/mol. The number of ether oxygens (including phenoxy) is 2. The van der Waals surface area contributed by atoms with E-state index in [4.69, 9.17) is 20.8 Å². The fourth-order valence-electron chi connectivity index (χ4n) is 2.72. The summed E-state index contributed by atoms with van der Waals surface area (Å²) in [4.78, 5) is 37.4. The standard InChI is InChI=1S/C20H18BrClN2O6/c1-10(2)29-17-13(21)6-11(7-14(17)22)8-15-18(25)24(20(27)23-15)9-12-4-5-16(30-12)19(26)28-3/h4-8,10H,9H2,1-3H3,(H,23,27). The number of furan rings is 1. The number of urea groups is 1. The van der Waals surface area contributed by atoms with Crippen LogP contribution in [0.25, 0.3) is 6.08 Å². The van der Waals surface area contributed by atoms with Crippen molar-refractivity contribution in [2.24, 2.45) is 0 Å². The van der Waals surface area contributed by atoms with Crippen molar-refractivity contribution in [2.75, 3.05) is 7.11 Å². The molecular formula is C20H18BrClN2O6. The molecule has 2 aromatic rings.